The van der Waals surface area contributed by atoms with Crippen LogP contribution in [0, 0.1) is 0 Å². The Balaban J connectivity index is 2.73. The zero-order valence-corrected chi connectivity index (χ0v) is 52.5. The smallest absolute Gasteiger partial charge is 0.335 e. The van der Waals surface area contributed by atoms with Crippen LogP contribution in [0.2, 0.25) is 0 Å². The van der Waals surface area contributed by atoms with Gasteiger partial charge in [0.15, 0.2) is 24.6 Å². The second-order valence-electron chi connectivity index (χ2n) is 21.2. The highest BCUT2D eigenvalue weighted by Gasteiger charge is 2.50. The van der Waals surface area contributed by atoms with E-state index in [1.165, 1.54) is 0 Å². The van der Waals surface area contributed by atoms with Crippen molar-refractivity contribution in [3.63, 3.8) is 0 Å². The molecule has 1 saturated heterocycles. The lowest BCUT2D eigenvalue weighted by molar-refractivity contribution is -0.301. The molecule has 12 heteroatoms. The molecule has 1 aliphatic rings. The van der Waals surface area contributed by atoms with Gasteiger partial charge in [0.05, 0.1) is 6.61 Å². The number of hydrogen-bond donors (Lipinski definition) is 3. The van der Waals surface area contributed by atoms with E-state index >= 15 is 0 Å². The Bertz CT molecular complexity index is 2080. The zero-order valence-electron chi connectivity index (χ0n) is 52.5. The van der Waals surface area contributed by atoms with E-state index in [1.807, 2.05) is 12.2 Å². The molecule has 0 aromatic heterocycles. The lowest BCUT2D eigenvalue weighted by Gasteiger charge is -2.40. The summed E-state index contributed by atoms with van der Waals surface area (Å²) in [6.45, 7) is 5.58. The van der Waals surface area contributed by atoms with E-state index in [0.717, 1.165) is 167 Å². The summed E-state index contributed by atoms with van der Waals surface area (Å²) in [5.41, 5.74) is 0. The van der Waals surface area contributed by atoms with Crippen molar-refractivity contribution in [2.75, 3.05) is 13.2 Å². The molecule has 0 saturated carbocycles. The van der Waals surface area contributed by atoms with Crippen molar-refractivity contribution < 1.29 is 58.2 Å². The Labute approximate surface area is 514 Å². The van der Waals surface area contributed by atoms with Crippen LogP contribution in [0.5, 0.6) is 0 Å². The molecular formula is C73H112O12. The van der Waals surface area contributed by atoms with Gasteiger partial charge >= 0.3 is 23.9 Å². The van der Waals surface area contributed by atoms with Crippen molar-refractivity contribution in [1.29, 1.82) is 0 Å². The third-order valence-corrected chi connectivity index (χ3v) is 13.6. The zero-order chi connectivity index (χ0) is 61.7. The normalized spacial score (nSPS) is 18.5. The highest BCUT2D eigenvalue weighted by molar-refractivity contribution is 5.74. The Kier molecular flexibility index (Phi) is 53.4. The summed E-state index contributed by atoms with van der Waals surface area (Å²) in [6, 6.07) is 0. The number of aliphatic hydroxyl groups is 2. The third kappa shape index (κ3) is 48.2. The van der Waals surface area contributed by atoms with Crippen LogP contribution in [0.25, 0.3) is 0 Å². The molecule has 0 bridgehead atoms. The lowest BCUT2D eigenvalue weighted by atomic mass is 9.98. The minimum absolute atomic E-state index is 0.0266. The minimum Gasteiger partial charge on any atom is -0.479 e. The largest absolute Gasteiger partial charge is 0.479 e. The SMILES string of the molecule is CC/C=C\C/C=C\C/C=C\C/C=C\C/C=C\C/C=C\CCC(=O)OCC(COC1OC(C(=O)O)C(O)C(O)C1OC(=O)CCCCCCCC/C=C\C/C=C\C/C=C\C/C=C\CC)OC(=O)CCCCCCCCC/C=C\C/C=C\C/C=C\CC. The van der Waals surface area contributed by atoms with Crippen LogP contribution in [0.15, 0.2) is 158 Å². The Morgan fingerprint density at radius 2 is 0.729 bits per heavy atom. The predicted octanol–water partition coefficient (Wildman–Crippen LogP) is 17.7. The van der Waals surface area contributed by atoms with Crippen LogP contribution in [0.4, 0.5) is 0 Å². The first-order valence-corrected chi connectivity index (χ1v) is 32.5. The van der Waals surface area contributed by atoms with Crippen molar-refractivity contribution in [1.82, 2.24) is 0 Å². The molecule has 1 fully saturated rings. The van der Waals surface area contributed by atoms with Gasteiger partial charge in [-0.05, 0) is 128 Å². The fraction of sp³-hybridized carbons (Fsp3) is 0.589. The van der Waals surface area contributed by atoms with Crippen LogP contribution >= 0.6 is 0 Å². The van der Waals surface area contributed by atoms with Crippen LogP contribution < -0.4 is 0 Å². The van der Waals surface area contributed by atoms with E-state index in [-0.39, 0.29) is 25.9 Å². The Hall–Kier alpha value is -5.66. The van der Waals surface area contributed by atoms with Crippen LogP contribution in [-0.4, -0.2) is 89.2 Å². The number of carbonyl (C=O) groups is 4. The van der Waals surface area contributed by atoms with E-state index in [1.54, 1.807) is 0 Å². The predicted molar refractivity (Wildman–Crippen MR) is 349 cm³/mol. The van der Waals surface area contributed by atoms with Crippen molar-refractivity contribution in [3.05, 3.63) is 158 Å². The number of carboxylic acids is 1. The second kappa shape index (κ2) is 58.7. The van der Waals surface area contributed by atoms with Crippen molar-refractivity contribution in [3.8, 4) is 0 Å². The number of unbranched alkanes of at least 4 members (excludes halogenated alkanes) is 13. The maximum Gasteiger partial charge on any atom is 0.335 e. The monoisotopic (exact) mass is 1180 g/mol. The number of carboxylic acid groups (broad SMARTS) is 1. The summed E-state index contributed by atoms with van der Waals surface area (Å²) in [4.78, 5) is 51.4. The van der Waals surface area contributed by atoms with Crippen LogP contribution in [0.3, 0.4) is 0 Å². The van der Waals surface area contributed by atoms with Gasteiger partial charge in [-0.2, -0.15) is 0 Å². The van der Waals surface area contributed by atoms with Gasteiger partial charge in [0, 0.05) is 19.3 Å². The molecule has 3 N–H and O–H groups in total. The first-order valence-electron chi connectivity index (χ1n) is 32.5. The summed E-state index contributed by atoms with van der Waals surface area (Å²) in [5.74, 6) is -3.28. The summed E-state index contributed by atoms with van der Waals surface area (Å²) >= 11 is 0. The number of carbonyl (C=O) groups excluding carboxylic acids is 3. The molecule has 6 atom stereocenters. The summed E-state index contributed by atoms with van der Waals surface area (Å²) in [6.07, 6.45) is 73.5. The quantitative estimate of drug-likeness (QED) is 0.0228. The molecule has 0 aromatic rings. The standard InChI is InChI=1S/C73H112O12/c1-4-7-10-13-16-19-22-25-28-31-33-36-38-41-44-47-50-53-56-59-65(74)81-62-64(83-66(75)60-57-54-51-48-45-42-39-35-30-27-24-21-18-15-12-9-6-3)63-82-73-71(69(78)68(77)70(85-73)72(79)80)84-67(76)61-58-55-52-49-46-43-40-37-34-32-29-26-23-20-17-14-11-8-5-2/h7-12,16-21,25-30,33-34,36-37,41,44,50,53,64,68-71,73,77-78H,4-6,13-15,22-24,31-32,35,38-40,42-43,45-49,51-52,54-63H2,1-3H3,(H,79,80)/b10-7-,11-8-,12-9-,19-16-,20-17-,21-18-,28-25-,29-26-,30-27-,36-33-,37-34-,44-41-,53-50-. The number of rotatable bonds is 53. The van der Waals surface area contributed by atoms with Crippen molar-refractivity contribution >= 4 is 23.9 Å². The highest BCUT2D eigenvalue weighted by atomic mass is 16.7. The lowest BCUT2D eigenvalue weighted by Crippen LogP contribution is -2.61. The molecule has 0 radical (unpaired) electrons. The number of aliphatic carboxylic acids is 1. The van der Waals surface area contributed by atoms with E-state index in [4.69, 9.17) is 23.7 Å². The van der Waals surface area contributed by atoms with E-state index in [0.29, 0.717) is 19.3 Å². The number of esters is 3. The number of hydrogen-bond acceptors (Lipinski definition) is 11. The van der Waals surface area contributed by atoms with Gasteiger partial charge in [0.2, 0.25) is 0 Å². The number of allylic oxidation sites excluding steroid dienone is 26. The van der Waals surface area contributed by atoms with Crippen molar-refractivity contribution in [2.24, 2.45) is 0 Å². The third-order valence-electron chi connectivity index (χ3n) is 13.6. The maximum atomic E-state index is 13.2. The Morgan fingerprint density at radius 3 is 1.12 bits per heavy atom. The summed E-state index contributed by atoms with van der Waals surface area (Å²) in [5, 5.41) is 31.6. The second-order valence-corrected chi connectivity index (χ2v) is 21.2. The molecule has 12 nitrogen and oxygen atoms in total. The molecule has 0 aromatic carbocycles. The minimum atomic E-state index is -1.93. The summed E-state index contributed by atoms with van der Waals surface area (Å²) in [7, 11) is 0. The van der Waals surface area contributed by atoms with Crippen molar-refractivity contribution in [2.45, 2.75) is 263 Å². The fourth-order valence-corrected chi connectivity index (χ4v) is 8.75. The average Bonchev–Trinajstić information content (AvgIpc) is 3.51. The van der Waals surface area contributed by atoms with Gasteiger partial charge in [0.25, 0.3) is 0 Å². The molecule has 0 spiro atoms. The maximum absolute atomic E-state index is 13.2. The molecule has 6 unspecified atom stereocenters. The van der Waals surface area contributed by atoms with Crippen LogP contribution in [0.1, 0.15) is 226 Å². The van der Waals surface area contributed by atoms with E-state index in [2.05, 4.69) is 167 Å². The molecule has 1 heterocycles. The molecular weight excluding hydrogens is 1070 g/mol. The molecule has 0 amide bonds. The van der Waals surface area contributed by atoms with Gasteiger partial charge in [0.1, 0.15) is 18.8 Å². The summed E-state index contributed by atoms with van der Waals surface area (Å²) < 4.78 is 28.4. The van der Waals surface area contributed by atoms with Gasteiger partial charge in [-0.3, -0.25) is 14.4 Å². The van der Waals surface area contributed by atoms with Crippen LogP contribution in [-0.2, 0) is 42.9 Å². The van der Waals surface area contributed by atoms with Gasteiger partial charge < -0.3 is 39.0 Å². The molecule has 1 rings (SSSR count). The molecule has 85 heavy (non-hydrogen) atoms. The van der Waals surface area contributed by atoms with E-state index in [9.17, 15) is 34.5 Å². The first-order chi connectivity index (χ1) is 41.6. The van der Waals surface area contributed by atoms with Gasteiger partial charge in [-0.1, -0.05) is 237 Å². The highest BCUT2D eigenvalue weighted by Crippen LogP contribution is 2.26. The number of ether oxygens (including phenoxy) is 5. The molecule has 0 aliphatic carbocycles. The topological polar surface area (TPSA) is 175 Å². The average molecular weight is 1180 g/mol. The number of aliphatic hydroxyl groups excluding tert-OH is 2. The molecule has 476 valence electrons. The Morgan fingerprint density at radius 1 is 0.388 bits per heavy atom. The fourth-order valence-electron chi connectivity index (χ4n) is 8.75. The van der Waals surface area contributed by atoms with E-state index < -0.39 is 67.3 Å². The first kappa shape index (κ1) is 77.4. The van der Waals surface area contributed by atoms with Gasteiger partial charge in [-0.25, -0.2) is 4.79 Å². The van der Waals surface area contributed by atoms with Gasteiger partial charge in [-0.15, -0.1) is 0 Å². The molecule has 1 aliphatic heterocycles.